The molecule has 0 radical (unpaired) electrons. The molecule has 1 fully saturated rings. The van der Waals surface area contributed by atoms with Gasteiger partial charge in [-0.25, -0.2) is 4.79 Å². The molecule has 7 atom stereocenters. The molecule has 2 heterocycles. The fourth-order valence-corrected chi connectivity index (χ4v) is 4.92. The Morgan fingerprint density at radius 2 is 1.84 bits per heavy atom. The predicted molar refractivity (Wildman–Crippen MR) is 150 cm³/mol. The van der Waals surface area contributed by atoms with Gasteiger partial charge in [-0.05, 0) is 49.8 Å². The summed E-state index contributed by atoms with van der Waals surface area (Å²) < 4.78 is 55.4. The van der Waals surface area contributed by atoms with E-state index in [0.29, 0.717) is 17.7 Å². The maximum atomic E-state index is 14.0. The van der Waals surface area contributed by atoms with E-state index in [0.717, 1.165) is 4.90 Å². The molecule has 0 bridgehead atoms. The number of rotatable bonds is 11. The summed E-state index contributed by atoms with van der Waals surface area (Å²) in [6, 6.07) is 1.95. The highest BCUT2D eigenvalue weighted by Crippen LogP contribution is 2.28. The van der Waals surface area contributed by atoms with E-state index in [1.54, 1.807) is 31.2 Å². The number of nitrogens with one attached hydrogen (secondary N) is 1. The van der Waals surface area contributed by atoms with Crippen LogP contribution in [0.1, 0.15) is 37.7 Å². The van der Waals surface area contributed by atoms with Crippen LogP contribution < -0.4 is 10.2 Å². The van der Waals surface area contributed by atoms with Crippen LogP contribution in [0.15, 0.2) is 54.5 Å². The molecule has 1 saturated heterocycles. The molecule has 2 aromatic rings. The Labute approximate surface area is 255 Å². The van der Waals surface area contributed by atoms with E-state index in [-0.39, 0.29) is 31.4 Å². The van der Waals surface area contributed by atoms with Gasteiger partial charge in [0.05, 0.1) is 19.5 Å². The second-order valence-corrected chi connectivity index (χ2v) is 9.98. The first-order valence-electron chi connectivity index (χ1n) is 16.2. The normalized spacial score (nSPS) is 27.8. The zero-order chi connectivity index (χ0) is 35.4. The molecule has 43 heavy (non-hydrogen) atoms. The van der Waals surface area contributed by atoms with Crippen molar-refractivity contribution in [2.24, 2.45) is 0 Å². The number of carbonyl (C=O) groups excluding carboxylic acids is 3. The first-order valence-corrected chi connectivity index (χ1v) is 13.7. The van der Waals surface area contributed by atoms with Crippen molar-refractivity contribution in [3.63, 3.8) is 0 Å². The summed E-state index contributed by atoms with van der Waals surface area (Å²) in [7, 11) is 0. The van der Waals surface area contributed by atoms with E-state index >= 15 is 0 Å². The third-order valence-corrected chi connectivity index (χ3v) is 7.10. The number of nitrogens with zero attached hydrogens (tertiary/aromatic N) is 1. The average Bonchev–Trinajstić information content (AvgIpc) is 3.18. The molecule has 0 aromatic heterocycles. The van der Waals surface area contributed by atoms with E-state index in [1.165, 1.54) is 0 Å². The molecule has 232 valence electrons. The lowest BCUT2D eigenvalue weighted by atomic mass is 9.99. The Hall–Kier alpha value is -3.88. The number of benzene rings is 2. The lowest BCUT2D eigenvalue weighted by Gasteiger charge is -2.38. The first kappa shape index (κ1) is 25.6. The third kappa shape index (κ3) is 7.75. The van der Waals surface area contributed by atoms with Crippen molar-refractivity contribution >= 4 is 29.5 Å². The highest BCUT2D eigenvalue weighted by atomic mass is 16.7. The maximum absolute atomic E-state index is 14.0. The van der Waals surface area contributed by atoms with Gasteiger partial charge in [-0.2, -0.15) is 0 Å². The number of para-hydroxylation sites is 1. The minimum Gasteiger partial charge on any atom is -0.479 e. The van der Waals surface area contributed by atoms with Crippen molar-refractivity contribution in [1.82, 2.24) is 5.32 Å². The Morgan fingerprint density at radius 1 is 1.12 bits per heavy atom. The number of aliphatic hydroxyl groups is 3. The molecular weight excluding hydrogens is 564 g/mol. The molecule has 1 amide bonds. The Bertz CT molecular complexity index is 1530. The van der Waals surface area contributed by atoms with Gasteiger partial charge in [0.1, 0.15) is 30.9 Å². The van der Waals surface area contributed by atoms with Crippen LogP contribution in [0.4, 0.5) is 5.69 Å². The van der Waals surface area contributed by atoms with Crippen LogP contribution in [-0.4, -0.2) is 100 Å². The minimum atomic E-state index is -2.02. The number of carbonyl (C=O) groups is 4. The van der Waals surface area contributed by atoms with Gasteiger partial charge >= 0.3 is 17.9 Å². The summed E-state index contributed by atoms with van der Waals surface area (Å²) in [5.41, 5.74) is 0.976. The molecule has 0 unspecified atom stereocenters. The summed E-state index contributed by atoms with van der Waals surface area (Å²) in [5, 5.41) is 42.5. The van der Waals surface area contributed by atoms with Crippen molar-refractivity contribution in [1.29, 1.82) is 0 Å². The number of hydrogen-bond acceptors (Lipinski definition) is 11. The summed E-state index contributed by atoms with van der Waals surface area (Å²) in [5.74, 6) is -4.25. The predicted octanol–water partition coefficient (Wildman–Crippen LogP) is -0.0761. The standard InChI is InChI=1S/C30H36N2O11/c1-2-41-29(40)20(14-12-17-8-4-3-5-9-17)31-19-15-13-18-10-6-7-11-21(18)32(27(19)37)16-22(33)42-30-25(36)23(34)24(35)26(43-30)28(38)39/h3-11,19-20,23-26,30-31,34-36H,2,12-16H2,1H3,(H,38,39)/t19-,20-,23-,24-,25+,26-,30+/m0/s1/i3D,4D,5D,8D,9D. The molecule has 0 spiro atoms. The number of hydrogen-bond donors (Lipinski definition) is 5. The van der Waals surface area contributed by atoms with Crippen LogP contribution in [0, 0.1) is 0 Å². The quantitative estimate of drug-likeness (QED) is 0.215. The number of aryl methyl sites for hydroxylation is 1. The SMILES string of the molecule is [2H]c1c([2H])c([2H])c(CC[C@H](N[C@H]2CCc3ccccc3N(CC(=O)O[C@@H]3O[C@H](C(=O)O)[C@@H](O)[C@H](O)[C@H]3O)C2=O)C(=O)OCC)c([2H])c1[2H]. The third-order valence-electron chi connectivity index (χ3n) is 7.10. The van der Waals surface area contributed by atoms with Crippen LogP contribution in [0.5, 0.6) is 0 Å². The monoisotopic (exact) mass is 605 g/mol. The van der Waals surface area contributed by atoms with Crippen LogP contribution in [0.3, 0.4) is 0 Å². The average molecular weight is 606 g/mol. The minimum absolute atomic E-state index is 0.00273. The maximum Gasteiger partial charge on any atom is 0.335 e. The summed E-state index contributed by atoms with van der Waals surface area (Å²) in [6.45, 7) is 0.817. The van der Waals surface area contributed by atoms with E-state index in [9.17, 15) is 39.6 Å². The lowest BCUT2D eigenvalue weighted by molar-refractivity contribution is -0.285. The van der Waals surface area contributed by atoms with Gasteiger partial charge < -0.3 is 34.6 Å². The van der Waals surface area contributed by atoms with E-state index in [1.807, 2.05) is 0 Å². The van der Waals surface area contributed by atoms with Gasteiger partial charge in [-0.15, -0.1) is 0 Å². The van der Waals surface area contributed by atoms with Gasteiger partial charge in [0.25, 0.3) is 0 Å². The molecule has 2 aliphatic rings. The smallest absolute Gasteiger partial charge is 0.335 e. The number of aliphatic hydroxyl groups excluding tert-OH is 3. The van der Waals surface area contributed by atoms with Crippen molar-refractivity contribution in [3.8, 4) is 0 Å². The van der Waals surface area contributed by atoms with E-state index in [4.69, 9.17) is 21.1 Å². The fraction of sp³-hybridized carbons (Fsp3) is 0.467. The number of esters is 2. The number of ether oxygens (including phenoxy) is 3. The number of amides is 1. The van der Waals surface area contributed by atoms with Crippen LogP contribution in [0.2, 0.25) is 0 Å². The van der Waals surface area contributed by atoms with Crippen molar-refractivity contribution in [2.45, 2.75) is 75.4 Å². The fourth-order valence-electron chi connectivity index (χ4n) is 4.92. The summed E-state index contributed by atoms with van der Waals surface area (Å²) in [6.07, 6.45) is -9.81. The Kier molecular flexibility index (Phi) is 8.65. The van der Waals surface area contributed by atoms with Gasteiger partial charge in [0.2, 0.25) is 12.2 Å². The number of carboxylic acids is 1. The van der Waals surface area contributed by atoms with Crippen LogP contribution in [-0.2, 0) is 46.2 Å². The number of fused-ring (bicyclic) bond motifs is 1. The summed E-state index contributed by atoms with van der Waals surface area (Å²) in [4.78, 5) is 52.7. The zero-order valence-electron chi connectivity index (χ0n) is 28.2. The molecule has 4 rings (SSSR count). The van der Waals surface area contributed by atoms with Crippen LogP contribution in [0.25, 0.3) is 0 Å². The molecule has 13 heteroatoms. The highest BCUT2D eigenvalue weighted by molar-refractivity contribution is 6.02. The lowest BCUT2D eigenvalue weighted by Crippen LogP contribution is -2.61. The topological polar surface area (TPSA) is 192 Å². The molecule has 0 aliphatic carbocycles. The zero-order valence-corrected chi connectivity index (χ0v) is 23.2. The molecule has 0 saturated carbocycles. The summed E-state index contributed by atoms with van der Waals surface area (Å²) >= 11 is 0. The van der Waals surface area contributed by atoms with E-state index in [2.05, 4.69) is 5.32 Å². The van der Waals surface area contributed by atoms with E-state index < -0.39 is 103 Å². The van der Waals surface area contributed by atoms with Crippen LogP contribution >= 0.6 is 0 Å². The number of carboxylic acid groups (broad SMARTS) is 1. The highest BCUT2D eigenvalue weighted by Gasteiger charge is 2.49. The molecule has 2 aliphatic heterocycles. The Balaban J connectivity index is 1.56. The molecular formula is C30H36N2O11. The molecule has 5 N–H and O–H groups in total. The van der Waals surface area contributed by atoms with Gasteiger partial charge in [-0.3, -0.25) is 24.6 Å². The molecule has 2 aromatic carbocycles. The van der Waals surface area contributed by atoms with Gasteiger partial charge in [0, 0.05) is 5.69 Å². The van der Waals surface area contributed by atoms with Crippen molar-refractivity contribution in [2.75, 3.05) is 18.1 Å². The van der Waals surface area contributed by atoms with Crippen molar-refractivity contribution < 1.29 is 60.7 Å². The number of aliphatic carboxylic acids is 1. The van der Waals surface area contributed by atoms with Gasteiger partial charge in [-0.1, -0.05) is 48.4 Å². The van der Waals surface area contributed by atoms with Crippen molar-refractivity contribution in [3.05, 3.63) is 65.6 Å². The Morgan fingerprint density at radius 3 is 2.53 bits per heavy atom. The second-order valence-electron chi connectivity index (χ2n) is 9.98. The van der Waals surface area contributed by atoms with Gasteiger partial charge in [0.15, 0.2) is 6.10 Å². The molecule has 13 nitrogen and oxygen atoms in total. The largest absolute Gasteiger partial charge is 0.479 e. The number of anilines is 1. The second kappa shape index (κ2) is 14.5. The first-order chi connectivity index (χ1) is 22.7.